The van der Waals surface area contributed by atoms with Crippen LogP contribution in [0.15, 0.2) is 57.4 Å². The molecule has 6 nitrogen and oxygen atoms in total. The molecule has 3 aromatic rings. The van der Waals surface area contributed by atoms with Gasteiger partial charge in [0.1, 0.15) is 12.1 Å². The monoisotopic (exact) mass is 409 g/mol. The van der Waals surface area contributed by atoms with Crippen molar-refractivity contribution >= 4 is 11.8 Å². The van der Waals surface area contributed by atoms with Crippen LogP contribution < -0.4 is 0 Å². The first-order valence-corrected chi connectivity index (χ1v) is 11.2. The highest BCUT2D eigenvalue weighted by Gasteiger charge is 2.27. The first-order chi connectivity index (χ1) is 14.2. The number of aromatic nitrogens is 3. The quantitative estimate of drug-likeness (QED) is 0.645. The Morgan fingerprint density at radius 1 is 1.07 bits per heavy atom. The van der Waals surface area contributed by atoms with Crippen LogP contribution in [-0.4, -0.2) is 56.8 Å². The SMILES string of the molecule is Cn1cnnc1Sc1ccc(CN2CCN([C@@H]3CCc4ccccc4C3)CC2)o1. The molecule has 0 spiro atoms. The van der Waals surface area contributed by atoms with Crippen molar-refractivity contribution in [3.8, 4) is 0 Å². The summed E-state index contributed by atoms with van der Waals surface area (Å²) >= 11 is 1.51. The summed E-state index contributed by atoms with van der Waals surface area (Å²) in [5.74, 6) is 1.02. The molecule has 1 aliphatic heterocycles. The lowest BCUT2D eigenvalue weighted by atomic mass is 9.87. The van der Waals surface area contributed by atoms with Gasteiger partial charge in [0.05, 0.1) is 6.54 Å². The van der Waals surface area contributed by atoms with Crippen LogP contribution in [0, 0.1) is 0 Å². The Bertz CT molecular complexity index is 960. The molecule has 0 saturated carbocycles. The minimum atomic E-state index is 0.699. The van der Waals surface area contributed by atoms with E-state index in [1.165, 1.54) is 31.0 Å². The number of rotatable bonds is 5. The molecular weight excluding hydrogens is 382 g/mol. The Hall–Kier alpha value is -2.09. The number of piperazine rings is 1. The smallest absolute Gasteiger partial charge is 0.198 e. The Morgan fingerprint density at radius 2 is 1.90 bits per heavy atom. The van der Waals surface area contributed by atoms with E-state index in [1.54, 1.807) is 17.5 Å². The van der Waals surface area contributed by atoms with Gasteiger partial charge in [0.15, 0.2) is 10.2 Å². The normalized spacial score (nSPS) is 20.7. The summed E-state index contributed by atoms with van der Waals surface area (Å²) in [6.07, 6.45) is 5.42. The fourth-order valence-electron chi connectivity index (χ4n) is 4.45. The van der Waals surface area contributed by atoms with Crippen molar-refractivity contribution in [1.82, 2.24) is 24.6 Å². The standard InChI is InChI=1S/C22H27N5OS/c1-25-16-23-24-22(25)29-21-9-8-20(28-21)15-26-10-12-27(13-11-26)19-7-6-17-4-2-3-5-18(17)14-19/h2-5,8-9,16,19H,6-7,10-15H2,1H3/t19-/m1/s1. The van der Waals surface area contributed by atoms with Crippen molar-refractivity contribution in [3.05, 3.63) is 59.6 Å². The third kappa shape index (κ3) is 4.27. The summed E-state index contributed by atoms with van der Waals surface area (Å²) in [5, 5.41) is 9.73. The van der Waals surface area contributed by atoms with E-state index in [0.717, 1.165) is 48.7 Å². The molecule has 1 fully saturated rings. The highest BCUT2D eigenvalue weighted by molar-refractivity contribution is 7.99. The molecule has 1 atom stereocenters. The number of hydrogen-bond acceptors (Lipinski definition) is 6. The van der Waals surface area contributed by atoms with Crippen LogP contribution in [0.25, 0.3) is 0 Å². The fraction of sp³-hybridized carbons (Fsp3) is 0.455. The second-order valence-electron chi connectivity index (χ2n) is 8.02. The molecule has 3 heterocycles. The van der Waals surface area contributed by atoms with Gasteiger partial charge in [0, 0.05) is 39.3 Å². The first-order valence-electron chi connectivity index (χ1n) is 10.4. The lowest BCUT2D eigenvalue weighted by Gasteiger charge is -2.41. The summed E-state index contributed by atoms with van der Waals surface area (Å²) in [5.41, 5.74) is 3.10. The van der Waals surface area contributed by atoms with Gasteiger partial charge < -0.3 is 8.98 Å². The second kappa shape index (κ2) is 8.34. The molecule has 0 bridgehead atoms. The van der Waals surface area contributed by atoms with Gasteiger partial charge in [-0.05, 0) is 54.3 Å². The zero-order chi connectivity index (χ0) is 19.6. The van der Waals surface area contributed by atoms with E-state index in [0.29, 0.717) is 6.04 Å². The van der Waals surface area contributed by atoms with Crippen LogP contribution in [-0.2, 0) is 26.4 Å². The lowest BCUT2D eigenvalue weighted by Crippen LogP contribution is -2.51. The number of nitrogens with zero attached hydrogens (tertiary/aromatic N) is 5. The van der Waals surface area contributed by atoms with E-state index in [2.05, 4.69) is 50.3 Å². The van der Waals surface area contributed by atoms with Crippen LogP contribution in [0.3, 0.4) is 0 Å². The number of furan rings is 1. The highest BCUT2D eigenvalue weighted by atomic mass is 32.2. The molecule has 7 heteroatoms. The fourth-order valence-corrected chi connectivity index (χ4v) is 5.19. The third-order valence-electron chi connectivity index (χ3n) is 6.12. The van der Waals surface area contributed by atoms with E-state index in [9.17, 15) is 0 Å². The van der Waals surface area contributed by atoms with E-state index < -0.39 is 0 Å². The molecule has 29 heavy (non-hydrogen) atoms. The second-order valence-corrected chi connectivity index (χ2v) is 9.00. The molecule has 0 N–H and O–H groups in total. The van der Waals surface area contributed by atoms with E-state index in [4.69, 9.17) is 4.42 Å². The van der Waals surface area contributed by atoms with Gasteiger partial charge in [-0.15, -0.1) is 10.2 Å². The van der Waals surface area contributed by atoms with Crippen molar-refractivity contribution in [2.24, 2.45) is 7.05 Å². The number of aryl methyl sites for hydroxylation is 2. The van der Waals surface area contributed by atoms with Gasteiger partial charge in [-0.3, -0.25) is 9.80 Å². The van der Waals surface area contributed by atoms with Crippen LogP contribution in [0.1, 0.15) is 23.3 Å². The predicted octanol–water partition coefficient (Wildman–Crippen LogP) is 3.23. The van der Waals surface area contributed by atoms with Crippen molar-refractivity contribution in [1.29, 1.82) is 0 Å². The van der Waals surface area contributed by atoms with Crippen molar-refractivity contribution in [2.75, 3.05) is 26.2 Å². The zero-order valence-electron chi connectivity index (χ0n) is 16.8. The van der Waals surface area contributed by atoms with Crippen LogP contribution in [0.4, 0.5) is 0 Å². The minimum Gasteiger partial charge on any atom is -0.453 e. The average Bonchev–Trinajstić information content (AvgIpc) is 3.37. The van der Waals surface area contributed by atoms with Crippen LogP contribution in [0.5, 0.6) is 0 Å². The average molecular weight is 410 g/mol. The van der Waals surface area contributed by atoms with Crippen LogP contribution in [0.2, 0.25) is 0 Å². The molecule has 5 rings (SSSR count). The van der Waals surface area contributed by atoms with Gasteiger partial charge in [-0.25, -0.2) is 0 Å². The topological polar surface area (TPSA) is 50.3 Å². The minimum absolute atomic E-state index is 0.699. The molecule has 0 unspecified atom stereocenters. The molecule has 1 aliphatic carbocycles. The maximum Gasteiger partial charge on any atom is 0.198 e. The van der Waals surface area contributed by atoms with Gasteiger partial charge in [0.25, 0.3) is 0 Å². The summed E-state index contributed by atoms with van der Waals surface area (Å²) in [4.78, 5) is 5.20. The van der Waals surface area contributed by atoms with Gasteiger partial charge >= 0.3 is 0 Å². The van der Waals surface area contributed by atoms with Crippen molar-refractivity contribution < 1.29 is 4.42 Å². The molecule has 0 radical (unpaired) electrons. The first kappa shape index (κ1) is 18.9. The maximum atomic E-state index is 6.02. The van der Waals surface area contributed by atoms with Crippen molar-refractivity contribution in [2.45, 2.75) is 42.1 Å². The molecule has 2 aromatic heterocycles. The highest BCUT2D eigenvalue weighted by Crippen LogP contribution is 2.28. The summed E-state index contributed by atoms with van der Waals surface area (Å²) in [6.45, 7) is 5.37. The number of hydrogen-bond donors (Lipinski definition) is 0. The summed E-state index contributed by atoms with van der Waals surface area (Å²) < 4.78 is 7.92. The summed E-state index contributed by atoms with van der Waals surface area (Å²) in [7, 11) is 1.94. The number of benzene rings is 1. The van der Waals surface area contributed by atoms with Crippen LogP contribution >= 0.6 is 11.8 Å². The molecule has 0 amide bonds. The Balaban J connectivity index is 1.13. The molecule has 1 aromatic carbocycles. The Kier molecular flexibility index (Phi) is 5.44. The zero-order valence-corrected chi connectivity index (χ0v) is 17.6. The molecule has 1 saturated heterocycles. The Morgan fingerprint density at radius 3 is 2.69 bits per heavy atom. The summed E-state index contributed by atoms with van der Waals surface area (Å²) in [6, 6.07) is 13.8. The predicted molar refractivity (Wildman–Crippen MR) is 113 cm³/mol. The lowest BCUT2D eigenvalue weighted by molar-refractivity contribution is 0.0811. The van der Waals surface area contributed by atoms with Gasteiger partial charge in [0.2, 0.25) is 0 Å². The van der Waals surface area contributed by atoms with Crippen molar-refractivity contribution in [3.63, 3.8) is 0 Å². The molecular formula is C22H27N5OS. The van der Waals surface area contributed by atoms with E-state index in [1.807, 2.05) is 17.7 Å². The maximum absolute atomic E-state index is 6.02. The van der Waals surface area contributed by atoms with Gasteiger partial charge in [-0.2, -0.15) is 0 Å². The number of fused-ring (bicyclic) bond motifs is 1. The largest absolute Gasteiger partial charge is 0.453 e. The van der Waals surface area contributed by atoms with E-state index >= 15 is 0 Å². The third-order valence-corrected chi connectivity index (χ3v) is 7.10. The van der Waals surface area contributed by atoms with E-state index in [-0.39, 0.29) is 0 Å². The molecule has 2 aliphatic rings. The molecule has 152 valence electrons. The van der Waals surface area contributed by atoms with Gasteiger partial charge in [-0.1, -0.05) is 24.3 Å². The Labute approximate surface area is 175 Å².